The van der Waals surface area contributed by atoms with Crippen LogP contribution in [0.15, 0.2) is 28.9 Å². The van der Waals surface area contributed by atoms with Crippen molar-refractivity contribution in [2.75, 3.05) is 23.3 Å². The van der Waals surface area contributed by atoms with E-state index < -0.39 is 0 Å². The van der Waals surface area contributed by atoms with E-state index in [9.17, 15) is 0 Å². The molecule has 0 aromatic carbocycles. The summed E-state index contributed by atoms with van der Waals surface area (Å²) < 4.78 is 1.04. The summed E-state index contributed by atoms with van der Waals surface area (Å²) in [5, 5.41) is 3.55. The maximum Gasteiger partial charge on any atom is 0.150 e. The van der Waals surface area contributed by atoms with Crippen molar-refractivity contribution >= 4 is 27.4 Å². The molecule has 0 unspecified atom stereocenters. The van der Waals surface area contributed by atoms with E-state index in [1.165, 1.54) is 12.1 Å². The van der Waals surface area contributed by atoms with Gasteiger partial charge < -0.3 is 10.2 Å². The lowest BCUT2D eigenvalue weighted by Gasteiger charge is -2.28. The van der Waals surface area contributed by atoms with Crippen LogP contribution < -0.4 is 10.2 Å². The predicted molar refractivity (Wildman–Crippen MR) is 84.1 cm³/mol. The van der Waals surface area contributed by atoms with Gasteiger partial charge in [0.25, 0.3) is 0 Å². The maximum atomic E-state index is 4.84. The van der Waals surface area contributed by atoms with Crippen LogP contribution in [-0.4, -0.2) is 29.1 Å². The number of pyridine rings is 2. The number of halogens is 1. The summed E-state index contributed by atoms with van der Waals surface area (Å²) in [6.07, 6.45) is 3.02. The Balaban J connectivity index is 1.85. The fraction of sp³-hybridized carbons (Fsp3) is 0.333. The molecule has 0 radical (unpaired) electrons. The average Bonchev–Trinajstić information content (AvgIpc) is 2.82. The molecule has 0 spiro atoms. The fourth-order valence-electron chi connectivity index (χ4n) is 3.01. The summed E-state index contributed by atoms with van der Waals surface area (Å²) in [4.78, 5) is 11.5. The first-order valence-electron chi connectivity index (χ1n) is 6.86. The highest BCUT2D eigenvalue weighted by atomic mass is 79.9. The molecule has 4 nitrogen and oxygen atoms in total. The minimum absolute atomic E-state index is 0.545. The van der Waals surface area contributed by atoms with Gasteiger partial charge in [0.15, 0.2) is 5.82 Å². The maximum absolute atomic E-state index is 4.84. The first-order valence-corrected chi connectivity index (χ1v) is 7.65. The van der Waals surface area contributed by atoms with Gasteiger partial charge in [0.05, 0.1) is 11.4 Å². The standard InChI is InChI=1S/C15H15BrN4/c1-9-6-10(2-4-17-9)14-12(16)7-13-15(19-14)18-11-3-5-20(13)8-11/h2,4,6-7,11H,3,5,8H2,1H3,(H,18,19)/t11-/m1/s1. The summed E-state index contributed by atoms with van der Waals surface area (Å²) in [7, 11) is 0. The van der Waals surface area contributed by atoms with Crippen molar-refractivity contribution in [2.24, 2.45) is 0 Å². The molecule has 1 N–H and O–H groups in total. The van der Waals surface area contributed by atoms with Gasteiger partial charge in [-0.05, 0) is 47.5 Å². The lowest BCUT2D eigenvalue weighted by molar-refractivity contribution is 0.788. The Kier molecular flexibility index (Phi) is 2.70. The van der Waals surface area contributed by atoms with Crippen LogP contribution in [0.25, 0.3) is 11.3 Å². The highest BCUT2D eigenvalue weighted by molar-refractivity contribution is 9.10. The Morgan fingerprint density at radius 2 is 2.30 bits per heavy atom. The molecule has 102 valence electrons. The summed E-state index contributed by atoms with van der Waals surface area (Å²) >= 11 is 3.67. The zero-order chi connectivity index (χ0) is 13.7. The van der Waals surface area contributed by atoms with E-state index in [1.807, 2.05) is 19.2 Å². The van der Waals surface area contributed by atoms with E-state index >= 15 is 0 Å². The molecule has 2 aliphatic heterocycles. The molecule has 1 atom stereocenters. The SMILES string of the molecule is Cc1cc(-c2nc3c(cc2Br)N2CC[C@H](C2)N3)ccn1. The van der Waals surface area contributed by atoms with E-state index in [1.54, 1.807) is 0 Å². The van der Waals surface area contributed by atoms with Gasteiger partial charge in [-0.2, -0.15) is 0 Å². The van der Waals surface area contributed by atoms with Gasteiger partial charge in [-0.25, -0.2) is 4.98 Å². The number of hydrogen-bond acceptors (Lipinski definition) is 4. The average molecular weight is 331 g/mol. The van der Waals surface area contributed by atoms with Crippen molar-refractivity contribution in [1.29, 1.82) is 0 Å². The third kappa shape index (κ3) is 1.88. The Morgan fingerprint density at radius 1 is 1.40 bits per heavy atom. The van der Waals surface area contributed by atoms with Crippen molar-refractivity contribution in [2.45, 2.75) is 19.4 Å². The Bertz CT molecular complexity index is 686. The molecule has 20 heavy (non-hydrogen) atoms. The van der Waals surface area contributed by atoms with Gasteiger partial charge in [-0.1, -0.05) is 0 Å². The summed E-state index contributed by atoms with van der Waals surface area (Å²) in [6.45, 7) is 4.21. The largest absolute Gasteiger partial charge is 0.366 e. The van der Waals surface area contributed by atoms with Crippen molar-refractivity contribution in [3.8, 4) is 11.3 Å². The minimum Gasteiger partial charge on any atom is -0.366 e. The molecule has 2 aliphatic rings. The Labute approximate surface area is 126 Å². The van der Waals surface area contributed by atoms with Crippen molar-refractivity contribution in [3.63, 3.8) is 0 Å². The number of anilines is 2. The third-order valence-corrected chi connectivity index (χ3v) is 4.60. The smallest absolute Gasteiger partial charge is 0.150 e. The summed E-state index contributed by atoms with van der Waals surface area (Å²) in [5.74, 6) is 1.01. The number of aromatic nitrogens is 2. The second-order valence-corrected chi connectivity index (χ2v) is 6.30. The van der Waals surface area contributed by atoms with Gasteiger partial charge >= 0.3 is 0 Å². The normalized spacial score (nSPS) is 19.7. The fourth-order valence-corrected chi connectivity index (χ4v) is 3.55. The van der Waals surface area contributed by atoms with E-state index in [0.29, 0.717) is 6.04 Å². The van der Waals surface area contributed by atoms with Gasteiger partial charge in [0.1, 0.15) is 0 Å². The molecule has 5 heteroatoms. The second-order valence-electron chi connectivity index (χ2n) is 5.45. The first-order chi connectivity index (χ1) is 9.70. The predicted octanol–water partition coefficient (Wildman–Crippen LogP) is 3.22. The van der Waals surface area contributed by atoms with E-state index in [2.05, 4.69) is 43.3 Å². The number of nitrogens with one attached hydrogen (secondary N) is 1. The molecule has 1 fully saturated rings. The van der Waals surface area contributed by atoms with Crippen LogP contribution in [0.2, 0.25) is 0 Å². The quantitative estimate of drug-likeness (QED) is 0.871. The first kappa shape index (κ1) is 12.1. The number of rotatable bonds is 1. The van der Waals surface area contributed by atoms with Crippen LogP contribution in [0.4, 0.5) is 11.5 Å². The monoisotopic (exact) mass is 330 g/mol. The second kappa shape index (κ2) is 4.45. The molecule has 2 bridgehead atoms. The summed E-state index contributed by atoms with van der Waals surface area (Å²) in [5.41, 5.74) is 4.29. The van der Waals surface area contributed by atoms with Crippen LogP contribution >= 0.6 is 15.9 Å². The van der Waals surface area contributed by atoms with E-state index in [-0.39, 0.29) is 0 Å². The zero-order valence-electron chi connectivity index (χ0n) is 11.2. The lowest BCUT2D eigenvalue weighted by atomic mass is 10.1. The van der Waals surface area contributed by atoms with Gasteiger partial charge in [0, 0.05) is 41.1 Å². The van der Waals surface area contributed by atoms with Gasteiger partial charge in [-0.15, -0.1) is 0 Å². The highest BCUT2D eigenvalue weighted by Gasteiger charge is 2.31. The molecule has 4 heterocycles. The molecular formula is C15H15BrN4. The van der Waals surface area contributed by atoms with Crippen LogP contribution in [0.1, 0.15) is 12.1 Å². The van der Waals surface area contributed by atoms with Crippen LogP contribution in [0, 0.1) is 6.92 Å². The number of fused-ring (bicyclic) bond motifs is 4. The Hall–Kier alpha value is -1.62. The van der Waals surface area contributed by atoms with E-state index in [4.69, 9.17) is 4.98 Å². The molecule has 2 aromatic rings. The Morgan fingerprint density at radius 3 is 3.15 bits per heavy atom. The molecule has 0 amide bonds. The topological polar surface area (TPSA) is 41.1 Å². The molecular weight excluding hydrogens is 316 g/mol. The molecule has 1 saturated heterocycles. The van der Waals surface area contributed by atoms with Crippen LogP contribution in [-0.2, 0) is 0 Å². The lowest BCUT2D eigenvalue weighted by Crippen LogP contribution is -2.32. The van der Waals surface area contributed by atoms with Crippen molar-refractivity contribution < 1.29 is 0 Å². The molecule has 2 aromatic heterocycles. The zero-order valence-corrected chi connectivity index (χ0v) is 12.8. The number of aryl methyl sites for hydroxylation is 1. The molecule has 0 saturated carbocycles. The number of nitrogens with zero attached hydrogens (tertiary/aromatic N) is 3. The van der Waals surface area contributed by atoms with E-state index in [0.717, 1.165) is 40.3 Å². The molecule has 0 aliphatic carbocycles. The highest BCUT2D eigenvalue weighted by Crippen LogP contribution is 2.39. The third-order valence-electron chi connectivity index (χ3n) is 4.00. The molecule has 4 rings (SSSR count). The van der Waals surface area contributed by atoms with Crippen molar-refractivity contribution in [3.05, 3.63) is 34.6 Å². The van der Waals surface area contributed by atoms with Gasteiger partial charge in [-0.3, -0.25) is 4.98 Å². The van der Waals surface area contributed by atoms with Crippen LogP contribution in [0.3, 0.4) is 0 Å². The van der Waals surface area contributed by atoms with Crippen LogP contribution in [0.5, 0.6) is 0 Å². The summed E-state index contributed by atoms with van der Waals surface area (Å²) in [6, 6.07) is 6.80. The minimum atomic E-state index is 0.545. The van der Waals surface area contributed by atoms with Crippen molar-refractivity contribution in [1.82, 2.24) is 9.97 Å². The van der Waals surface area contributed by atoms with Gasteiger partial charge in [0.2, 0.25) is 0 Å². The number of hydrogen-bond donors (Lipinski definition) is 1.